The van der Waals surface area contributed by atoms with Crippen LogP contribution in [0.5, 0.6) is 0 Å². The monoisotopic (exact) mass is 170 g/mol. The summed E-state index contributed by atoms with van der Waals surface area (Å²) in [7, 11) is 0. The summed E-state index contributed by atoms with van der Waals surface area (Å²) in [5.41, 5.74) is 0. The molecule has 0 spiro atoms. The molecular formula is C7H10N2O3. The van der Waals surface area contributed by atoms with Crippen molar-refractivity contribution in [2.24, 2.45) is 10.9 Å². The van der Waals surface area contributed by atoms with Crippen LogP contribution in [0.2, 0.25) is 0 Å². The van der Waals surface area contributed by atoms with Gasteiger partial charge in [-0.3, -0.25) is 4.79 Å². The summed E-state index contributed by atoms with van der Waals surface area (Å²) in [6.07, 6.45) is 1.32. The number of rotatable bonds is 2. The van der Waals surface area contributed by atoms with Crippen LogP contribution in [0, 0.1) is 5.92 Å². The summed E-state index contributed by atoms with van der Waals surface area (Å²) in [5, 5.41) is 2.43. The molecule has 1 N–H and O–H groups in total. The third kappa shape index (κ3) is 2.05. The third-order valence-corrected chi connectivity index (χ3v) is 1.43. The average Bonchev–Trinajstić information content (AvgIpc) is 2.06. The Hall–Kier alpha value is -1.39. The molecule has 0 bridgehead atoms. The molecule has 0 aromatic carbocycles. The second-order valence-corrected chi connectivity index (χ2v) is 2.32. The van der Waals surface area contributed by atoms with Gasteiger partial charge in [0.1, 0.15) is 5.92 Å². The number of esters is 1. The highest BCUT2D eigenvalue weighted by atomic mass is 16.5. The molecule has 0 aromatic heterocycles. The summed E-state index contributed by atoms with van der Waals surface area (Å²) in [6, 6.07) is -0.407. The van der Waals surface area contributed by atoms with Crippen molar-refractivity contribution in [3.05, 3.63) is 0 Å². The van der Waals surface area contributed by atoms with Crippen LogP contribution >= 0.6 is 0 Å². The molecule has 0 saturated carbocycles. The van der Waals surface area contributed by atoms with Crippen LogP contribution in [0.25, 0.3) is 0 Å². The summed E-state index contributed by atoms with van der Waals surface area (Å²) in [4.78, 5) is 25.0. The Labute approximate surface area is 69.8 Å². The van der Waals surface area contributed by atoms with Gasteiger partial charge in [0.2, 0.25) is 0 Å². The number of carbonyl (C=O) groups is 2. The Morgan fingerprint density at radius 1 is 1.92 bits per heavy atom. The first-order valence-electron chi connectivity index (χ1n) is 3.72. The summed E-state index contributed by atoms with van der Waals surface area (Å²) in [6.45, 7) is 2.36. The van der Waals surface area contributed by atoms with Crippen LogP contribution in [0.3, 0.4) is 0 Å². The third-order valence-electron chi connectivity index (χ3n) is 1.43. The van der Waals surface area contributed by atoms with Gasteiger partial charge in [0.25, 0.3) is 0 Å². The lowest BCUT2D eigenvalue weighted by Gasteiger charge is -2.14. The molecule has 1 unspecified atom stereocenters. The fourth-order valence-electron chi connectivity index (χ4n) is 0.847. The molecule has 0 fully saturated rings. The molecule has 5 heteroatoms. The number of aliphatic imine (C=N–C) groups is 1. The van der Waals surface area contributed by atoms with E-state index >= 15 is 0 Å². The quantitative estimate of drug-likeness (QED) is 0.591. The predicted octanol–water partition coefficient (Wildman–Crippen LogP) is -0.0403. The fraction of sp³-hybridized carbons (Fsp3) is 0.571. The van der Waals surface area contributed by atoms with Crippen molar-refractivity contribution in [2.45, 2.75) is 6.92 Å². The van der Waals surface area contributed by atoms with Crippen molar-refractivity contribution in [1.82, 2.24) is 5.32 Å². The van der Waals surface area contributed by atoms with Crippen molar-refractivity contribution in [1.29, 1.82) is 0 Å². The van der Waals surface area contributed by atoms with Gasteiger partial charge < -0.3 is 10.1 Å². The number of nitrogens with one attached hydrogen (secondary N) is 1. The maximum Gasteiger partial charge on any atom is 0.340 e. The van der Waals surface area contributed by atoms with Gasteiger partial charge in [-0.05, 0) is 6.92 Å². The van der Waals surface area contributed by atoms with Crippen LogP contribution in [-0.2, 0) is 9.53 Å². The van der Waals surface area contributed by atoms with Crippen LogP contribution in [-0.4, -0.2) is 31.4 Å². The minimum atomic E-state index is -0.428. The molecule has 5 nitrogen and oxygen atoms in total. The van der Waals surface area contributed by atoms with Crippen molar-refractivity contribution < 1.29 is 14.3 Å². The minimum absolute atomic E-state index is 0.279. The second kappa shape index (κ2) is 3.85. The Morgan fingerprint density at radius 3 is 3.17 bits per heavy atom. The molecule has 0 radical (unpaired) electrons. The predicted molar refractivity (Wildman–Crippen MR) is 42.0 cm³/mol. The number of hydrogen-bond acceptors (Lipinski definition) is 3. The molecule has 1 aliphatic heterocycles. The molecule has 1 atom stereocenters. The molecule has 1 aliphatic rings. The molecule has 2 amide bonds. The zero-order chi connectivity index (χ0) is 8.97. The first kappa shape index (κ1) is 8.70. The lowest BCUT2D eigenvalue weighted by Crippen LogP contribution is -2.37. The van der Waals surface area contributed by atoms with Gasteiger partial charge in [0.15, 0.2) is 0 Å². The largest absolute Gasteiger partial charge is 0.465 e. The Bertz CT molecular complexity index is 225. The molecule has 0 aliphatic carbocycles. The van der Waals surface area contributed by atoms with Crippen LogP contribution in [0.1, 0.15) is 6.92 Å². The molecule has 1 heterocycles. The van der Waals surface area contributed by atoms with E-state index in [-0.39, 0.29) is 12.5 Å². The number of urea groups is 1. The highest BCUT2D eigenvalue weighted by Gasteiger charge is 2.21. The van der Waals surface area contributed by atoms with Crippen LogP contribution in [0.4, 0.5) is 4.79 Å². The maximum atomic E-state index is 11.0. The lowest BCUT2D eigenvalue weighted by atomic mass is 10.1. The Morgan fingerprint density at radius 2 is 2.67 bits per heavy atom. The van der Waals surface area contributed by atoms with Crippen molar-refractivity contribution in [2.75, 3.05) is 13.2 Å². The van der Waals surface area contributed by atoms with E-state index in [1.165, 1.54) is 6.21 Å². The SMILES string of the molecule is CCOC(=O)C1C=NC(=O)NC1. The normalized spacial score (nSPS) is 21.8. The van der Waals surface area contributed by atoms with E-state index in [4.69, 9.17) is 4.74 Å². The van der Waals surface area contributed by atoms with Crippen molar-refractivity contribution in [3.63, 3.8) is 0 Å². The van der Waals surface area contributed by atoms with E-state index in [0.717, 1.165) is 0 Å². The van der Waals surface area contributed by atoms with Gasteiger partial charge in [-0.25, -0.2) is 9.79 Å². The smallest absolute Gasteiger partial charge is 0.340 e. The summed E-state index contributed by atoms with van der Waals surface area (Å²) in [5.74, 6) is -0.774. The van der Waals surface area contributed by atoms with Gasteiger partial charge in [-0.1, -0.05) is 0 Å². The highest BCUT2D eigenvalue weighted by Crippen LogP contribution is 1.99. The summed E-state index contributed by atoms with van der Waals surface area (Å²) < 4.78 is 4.74. The Balaban J connectivity index is 2.49. The van der Waals surface area contributed by atoms with E-state index in [9.17, 15) is 9.59 Å². The summed E-state index contributed by atoms with van der Waals surface area (Å²) >= 11 is 0. The fourth-order valence-corrected chi connectivity index (χ4v) is 0.847. The molecule has 0 saturated heterocycles. The molecule has 12 heavy (non-hydrogen) atoms. The highest BCUT2D eigenvalue weighted by molar-refractivity contribution is 5.97. The first-order chi connectivity index (χ1) is 5.74. The number of ether oxygens (including phenoxy) is 1. The van der Waals surface area contributed by atoms with Crippen molar-refractivity contribution >= 4 is 18.2 Å². The standard InChI is InChI=1S/C7H10N2O3/c1-2-12-6(10)5-3-8-7(11)9-4-5/h3,5H,2,4H2,1H3,(H,9,11). The van der Waals surface area contributed by atoms with Gasteiger partial charge in [0.05, 0.1) is 6.61 Å². The van der Waals surface area contributed by atoms with E-state index in [1.807, 2.05) is 0 Å². The second-order valence-electron chi connectivity index (χ2n) is 2.32. The van der Waals surface area contributed by atoms with E-state index < -0.39 is 11.9 Å². The van der Waals surface area contributed by atoms with E-state index in [0.29, 0.717) is 6.61 Å². The molecule has 1 rings (SSSR count). The average molecular weight is 170 g/mol. The number of hydrogen-bond donors (Lipinski definition) is 1. The first-order valence-corrected chi connectivity index (χ1v) is 3.72. The molecule has 0 aromatic rings. The van der Waals surface area contributed by atoms with Gasteiger partial charge >= 0.3 is 12.0 Å². The van der Waals surface area contributed by atoms with Crippen molar-refractivity contribution in [3.8, 4) is 0 Å². The number of amides is 2. The molecule has 66 valence electrons. The Kier molecular flexibility index (Phi) is 2.79. The topological polar surface area (TPSA) is 67.8 Å². The van der Waals surface area contributed by atoms with Crippen LogP contribution < -0.4 is 5.32 Å². The molecular weight excluding hydrogens is 160 g/mol. The zero-order valence-corrected chi connectivity index (χ0v) is 6.74. The van der Waals surface area contributed by atoms with Crippen LogP contribution in [0.15, 0.2) is 4.99 Å². The number of carbonyl (C=O) groups excluding carboxylic acids is 2. The van der Waals surface area contributed by atoms with Gasteiger partial charge in [-0.2, -0.15) is 0 Å². The van der Waals surface area contributed by atoms with Gasteiger partial charge in [0, 0.05) is 12.8 Å². The lowest BCUT2D eigenvalue weighted by molar-refractivity contribution is -0.145. The zero-order valence-electron chi connectivity index (χ0n) is 6.74. The minimum Gasteiger partial charge on any atom is -0.465 e. The van der Waals surface area contributed by atoms with E-state index in [2.05, 4.69) is 10.3 Å². The van der Waals surface area contributed by atoms with E-state index in [1.54, 1.807) is 6.92 Å². The maximum absolute atomic E-state index is 11.0. The number of nitrogens with zero attached hydrogens (tertiary/aromatic N) is 1. The van der Waals surface area contributed by atoms with Gasteiger partial charge in [-0.15, -0.1) is 0 Å².